The molecule has 0 aliphatic carbocycles. The molecule has 0 radical (unpaired) electrons. The molecule has 192 valence electrons. The molecule has 0 amide bonds. The standard InChI is InChI=1S/C28H21ClN2O6S/c1-3-34-27(33)24-15(2)30-28-31(25(24)17-7-9-21-22(12-17)36-14-35-21)26(32)23(38-28)13-19-8-10-20(37-19)16-5-4-6-18(29)11-16/h4-13,25H,3,14H2,1-2H3/b23-13+/t25-/m1/s1. The average molecular weight is 549 g/mol. The van der Waals surface area contributed by atoms with Crippen LogP contribution in [0.5, 0.6) is 11.5 Å². The minimum Gasteiger partial charge on any atom is -0.463 e. The van der Waals surface area contributed by atoms with Crippen LogP contribution in [-0.2, 0) is 9.53 Å². The van der Waals surface area contributed by atoms with Crippen LogP contribution in [0.25, 0.3) is 17.4 Å². The van der Waals surface area contributed by atoms with E-state index in [4.69, 9.17) is 30.2 Å². The molecule has 2 aliphatic heterocycles. The maximum Gasteiger partial charge on any atom is 0.338 e. The fraction of sp³-hybridized carbons (Fsp3) is 0.179. The molecule has 1 atom stereocenters. The lowest BCUT2D eigenvalue weighted by Gasteiger charge is -2.24. The highest BCUT2D eigenvalue weighted by atomic mass is 35.5. The molecule has 0 unspecified atom stereocenters. The summed E-state index contributed by atoms with van der Waals surface area (Å²) < 4.78 is 24.3. The molecule has 2 aromatic heterocycles. The third kappa shape index (κ3) is 4.23. The number of allylic oxidation sites excluding steroid dienone is 1. The average Bonchev–Trinajstić information content (AvgIpc) is 3.63. The molecule has 2 aromatic carbocycles. The van der Waals surface area contributed by atoms with E-state index in [9.17, 15) is 9.59 Å². The molecule has 0 bridgehead atoms. The van der Waals surface area contributed by atoms with Crippen molar-refractivity contribution >= 4 is 35.0 Å². The molecular weight excluding hydrogens is 528 g/mol. The van der Waals surface area contributed by atoms with Crippen LogP contribution in [0.1, 0.15) is 31.2 Å². The SMILES string of the molecule is CCOC(=O)C1=C(C)N=c2s/c(=C/c3ccc(-c4cccc(Cl)c4)o3)c(=O)n2[C@@H]1c1ccc2c(c1)OCO2. The molecule has 4 aromatic rings. The Bertz CT molecular complexity index is 1800. The number of aromatic nitrogens is 1. The largest absolute Gasteiger partial charge is 0.463 e. The maximum atomic E-state index is 13.8. The molecule has 0 fully saturated rings. The Kier molecular flexibility index (Phi) is 6.17. The lowest BCUT2D eigenvalue weighted by atomic mass is 9.95. The molecule has 10 heteroatoms. The number of ether oxygens (including phenoxy) is 3. The number of halogens is 1. The first-order valence-corrected chi connectivity index (χ1v) is 13.1. The Morgan fingerprint density at radius 3 is 2.84 bits per heavy atom. The summed E-state index contributed by atoms with van der Waals surface area (Å²) in [7, 11) is 0. The summed E-state index contributed by atoms with van der Waals surface area (Å²) in [6, 6.07) is 15.6. The van der Waals surface area contributed by atoms with Gasteiger partial charge in [-0.1, -0.05) is 41.1 Å². The van der Waals surface area contributed by atoms with Gasteiger partial charge >= 0.3 is 5.97 Å². The number of furan rings is 1. The fourth-order valence-corrected chi connectivity index (χ4v) is 5.76. The number of nitrogens with zero attached hydrogens (tertiary/aromatic N) is 2. The first-order valence-electron chi connectivity index (χ1n) is 11.9. The minimum absolute atomic E-state index is 0.113. The van der Waals surface area contributed by atoms with Gasteiger partial charge in [-0.25, -0.2) is 9.79 Å². The van der Waals surface area contributed by atoms with Gasteiger partial charge in [0.15, 0.2) is 16.3 Å². The minimum atomic E-state index is -0.749. The quantitative estimate of drug-likeness (QED) is 0.342. The van der Waals surface area contributed by atoms with Crippen molar-refractivity contribution in [1.82, 2.24) is 4.57 Å². The van der Waals surface area contributed by atoms with Gasteiger partial charge in [0, 0.05) is 16.7 Å². The van der Waals surface area contributed by atoms with E-state index >= 15 is 0 Å². The Balaban J connectivity index is 1.48. The topological polar surface area (TPSA) is 92.3 Å². The zero-order valence-electron chi connectivity index (χ0n) is 20.4. The summed E-state index contributed by atoms with van der Waals surface area (Å²) in [6.45, 7) is 3.79. The van der Waals surface area contributed by atoms with Gasteiger partial charge in [-0.3, -0.25) is 9.36 Å². The van der Waals surface area contributed by atoms with Crippen LogP contribution in [0.15, 0.2) is 80.1 Å². The van der Waals surface area contributed by atoms with Crippen molar-refractivity contribution in [3.05, 3.63) is 102 Å². The Hall–Kier alpha value is -4.08. The number of hydrogen-bond acceptors (Lipinski definition) is 8. The number of carbonyl (C=O) groups is 1. The normalized spacial score (nSPS) is 16.4. The highest BCUT2D eigenvalue weighted by molar-refractivity contribution is 7.07. The van der Waals surface area contributed by atoms with Crippen molar-refractivity contribution < 1.29 is 23.4 Å². The Labute approximate surface area is 225 Å². The Morgan fingerprint density at radius 2 is 2.03 bits per heavy atom. The van der Waals surface area contributed by atoms with Crippen LogP contribution >= 0.6 is 22.9 Å². The van der Waals surface area contributed by atoms with Gasteiger partial charge in [0.05, 0.1) is 28.5 Å². The second-order valence-electron chi connectivity index (χ2n) is 8.63. The van der Waals surface area contributed by atoms with Crippen molar-refractivity contribution in [2.75, 3.05) is 13.4 Å². The van der Waals surface area contributed by atoms with Gasteiger partial charge in [-0.2, -0.15) is 0 Å². The number of hydrogen-bond donors (Lipinski definition) is 0. The number of esters is 1. The molecule has 0 saturated heterocycles. The van der Waals surface area contributed by atoms with Gasteiger partial charge in [0.1, 0.15) is 11.5 Å². The summed E-state index contributed by atoms with van der Waals surface area (Å²) in [5, 5.41) is 0.602. The predicted octanol–water partition coefficient (Wildman–Crippen LogP) is 4.44. The number of fused-ring (bicyclic) bond motifs is 2. The molecule has 0 spiro atoms. The first kappa shape index (κ1) is 24.3. The van der Waals surface area contributed by atoms with Crippen LogP contribution in [0.2, 0.25) is 5.02 Å². The van der Waals surface area contributed by atoms with Crippen LogP contribution in [0.3, 0.4) is 0 Å². The monoisotopic (exact) mass is 548 g/mol. The summed E-state index contributed by atoms with van der Waals surface area (Å²) in [4.78, 5) is 31.9. The van der Waals surface area contributed by atoms with Crippen molar-refractivity contribution in [3.63, 3.8) is 0 Å². The molecule has 0 N–H and O–H groups in total. The highest BCUT2D eigenvalue weighted by Gasteiger charge is 2.34. The first-order chi connectivity index (χ1) is 18.4. The van der Waals surface area contributed by atoms with Crippen molar-refractivity contribution in [2.24, 2.45) is 4.99 Å². The van der Waals surface area contributed by atoms with E-state index in [0.29, 0.717) is 54.2 Å². The second kappa shape index (κ2) is 9.66. The maximum absolute atomic E-state index is 13.8. The van der Waals surface area contributed by atoms with Gasteiger partial charge < -0.3 is 18.6 Å². The van der Waals surface area contributed by atoms with E-state index in [1.807, 2.05) is 30.3 Å². The smallest absolute Gasteiger partial charge is 0.338 e. The van der Waals surface area contributed by atoms with E-state index in [1.54, 1.807) is 44.2 Å². The van der Waals surface area contributed by atoms with Crippen LogP contribution < -0.4 is 24.4 Å². The zero-order valence-corrected chi connectivity index (χ0v) is 22.0. The van der Waals surface area contributed by atoms with Crippen molar-refractivity contribution in [1.29, 1.82) is 0 Å². The number of benzene rings is 2. The van der Waals surface area contributed by atoms with Crippen LogP contribution in [-0.4, -0.2) is 23.9 Å². The number of thiazole rings is 1. The molecule has 2 aliphatic rings. The van der Waals surface area contributed by atoms with E-state index in [0.717, 1.165) is 5.56 Å². The summed E-state index contributed by atoms with van der Waals surface area (Å²) in [5.74, 6) is 1.76. The molecule has 8 nitrogen and oxygen atoms in total. The summed E-state index contributed by atoms with van der Waals surface area (Å²) in [5.41, 5.74) is 1.99. The molecule has 0 saturated carbocycles. The summed E-state index contributed by atoms with van der Waals surface area (Å²) in [6.07, 6.45) is 1.68. The van der Waals surface area contributed by atoms with E-state index in [-0.39, 0.29) is 19.0 Å². The zero-order chi connectivity index (χ0) is 26.4. The molecule has 38 heavy (non-hydrogen) atoms. The van der Waals surface area contributed by atoms with Crippen molar-refractivity contribution in [2.45, 2.75) is 19.9 Å². The molecular formula is C28H21ClN2O6S. The van der Waals surface area contributed by atoms with Gasteiger partial charge in [-0.15, -0.1) is 0 Å². The van der Waals surface area contributed by atoms with Crippen molar-refractivity contribution in [3.8, 4) is 22.8 Å². The van der Waals surface area contributed by atoms with Crippen LogP contribution in [0, 0.1) is 0 Å². The molecule has 6 rings (SSSR count). The van der Waals surface area contributed by atoms with Crippen LogP contribution in [0.4, 0.5) is 0 Å². The predicted molar refractivity (Wildman–Crippen MR) is 142 cm³/mol. The third-order valence-corrected chi connectivity index (χ3v) is 7.46. The lowest BCUT2D eigenvalue weighted by Crippen LogP contribution is -2.39. The summed E-state index contributed by atoms with van der Waals surface area (Å²) >= 11 is 7.34. The number of carbonyl (C=O) groups excluding carboxylic acids is 1. The number of rotatable bonds is 5. The Morgan fingerprint density at radius 1 is 1.18 bits per heavy atom. The van der Waals surface area contributed by atoms with E-state index in [1.165, 1.54) is 15.9 Å². The van der Waals surface area contributed by atoms with Gasteiger partial charge in [-0.05, 0) is 55.8 Å². The van der Waals surface area contributed by atoms with E-state index < -0.39 is 12.0 Å². The third-order valence-electron chi connectivity index (χ3n) is 6.24. The van der Waals surface area contributed by atoms with Gasteiger partial charge in [0.25, 0.3) is 5.56 Å². The fourth-order valence-electron chi connectivity index (χ4n) is 4.55. The lowest BCUT2D eigenvalue weighted by molar-refractivity contribution is -0.139. The van der Waals surface area contributed by atoms with Gasteiger partial charge in [0.2, 0.25) is 6.79 Å². The molecule has 4 heterocycles. The second-order valence-corrected chi connectivity index (χ2v) is 10.1. The van der Waals surface area contributed by atoms with E-state index in [2.05, 4.69) is 4.99 Å². The highest BCUT2D eigenvalue weighted by Crippen LogP contribution is 2.38.